The second-order valence-corrected chi connectivity index (χ2v) is 50.3. The molecule has 3 N–H and O–H groups in total. The zero-order valence-electron chi connectivity index (χ0n) is 75.8. The lowest BCUT2D eigenvalue weighted by Crippen LogP contribution is -2.36. The summed E-state index contributed by atoms with van der Waals surface area (Å²) in [4.78, 5) is 14.5. The van der Waals surface area contributed by atoms with Crippen LogP contribution in [0.4, 0.5) is 5.69 Å². The Hall–Kier alpha value is -4.29. The third kappa shape index (κ3) is 37.3. The van der Waals surface area contributed by atoms with E-state index >= 15 is 0 Å². The average Bonchev–Trinajstić information content (AvgIpc) is 1.62. The Bertz CT molecular complexity index is 6140. The van der Waals surface area contributed by atoms with Gasteiger partial charge in [-0.25, -0.2) is 25.3 Å². The average molecular weight is 2250 g/mol. The van der Waals surface area contributed by atoms with Crippen LogP contribution in [-0.2, 0) is 80.3 Å². The molecule has 25 nitrogen and oxygen atoms in total. The number of aryl methyl sites for hydroxylation is 3. The minimum Gasteiger partial charge on any atom is -0.748 e. The van der Waals surface area contributed by atoms with Gasteiger partial charge in [0.2, 0.25) is 16.6 Å². The molecule has 10 aromatic rings. The zero-order chi connectivity index (χ0) is 97.8. The number of halogens is 5. The van der Waals surface area contributed by atoms with Crippen LogP contribution in [0.2, 0.25) is 15.1 Å². The molecule has 7 aromatic carbocycles. The number of hydrogen-bond donors (Lipinski definition) is 3. The Labute approximate surface area is 842 Å². The van der Waals surface area contributed by atoms with E-state index in [9.17, 15) is 68.7 Å². The molecule has 0 fully saturated rings. The maximum absolute atomic E-state index is 11.4. The van der Waals surface area contributed by atoms with E-state index in [4.69, 9.17) is 43.9 Å². The van der Waals surface area contributed by atoms with Crippen molar-refractivity contribution in [1.29, 1.82) is 0 Å². The van der Waals surface area contributed by atoms with Gasteiger partial charge in [0.25, 0.3) is 45.4 Å². The number of rotatable bonds is 40. The van der Waals surface area contributed by atoms with Gasteiger partial charge in [-0.2, -0.15) is 39.0 Å². The van der Waals surface area contributed by atoms with E-state index < -0.39 is 72.2 Å². The molecule has 3 aliphatic heterocycles. The number of aromatic nitrogens is 3. The van der Waals surface area contributed by atoms with Crippen molar-refractivity contribution >= 4 is 262 Å². The quantitative estimate of drug-likeness (QED) is 0.0182. The third-order valence-corrected chi connectivity index (χ3v) is 35.6. The number of fused-ring (bicyclic) bond motifs is 8. The molecule has 42 heteroatoms. The Morgan fingerprint density at radius 1 is 0.398 bits per heavy atom. The monoisotopic (exact) mass is 2240 g/mol. The molecule has 2 atom stereocenters. The van der Waals surface area contributed by atoms with Crippen molar-refractivity contribution in [3.63, 3.8) is 0 Å². The van der Waals surface area contributed by atoms with E-state index in [0.717, 1.165) is 113 Å². The highest BCUT2D eigenvalue weighted by Gasteiger charge is 2.35. The molecular formula is C91H118Br2Cl3N7O18S12. The van der Waals surface area contributed by atoms with Gasteiger partial charge < -0.3 is 33.3 Å². The number of thiazole rings is 3. The molecular weight excluding hydrogens is 2130 g/mol. The first kappa shape index (κ1) is 114. The number of benzene rings is 7. The molecule has 2 unspecified atom stereocenters. The van der Waals surface area contributed by atoms with Crippen LogP contribution in [0.3, 0.4) is 0 Å². The first-order valence-electron chi connectivity index (χ1n) is 44.1. The van der Waals surface area contributed by atoms with Gasteiger partial charge in [-0.15, -0.1) is 0 Å². The van der Waals surface area contributed by atoms with Crippen molar-refractivity contribution in [1.82, 2.24) is 14.7 Å². The lowest BCUT2D eigenvalue weighted by atomic mass is 9.93. The third-order valence-electron chi connectivity index (χ3n) is 22.2. The molecule has 0 amide bonds. The second-order valence-electron chi connectivity index (χ2n) is 31.4. The largest absolute Gasteiger partial charge is 0.748 e. The first-order valence-corrected chi connectivity index (χ1v) is 61.2. The molecule has 0 saturated carbocycles. The van der Waals surface area contributed by atoms with Crippen LogP contribution in [0.15, 0.2) is 166 Å². The number of unbranched alkanes of at least 4 members (excludes halogenated alkanes) is 4. The maximum Gasteiger partial charge on any atom is 0.265 e. The van der Waals surface area contributed by atoms with E-state index in [2.05, 4.69) is 147 Å². The topological polar surface area (TPSA) is 359 Å². The lowest BCUT2D eigenvalue weighted by molar-refractivity contribution is -0.669. The van der Waals surface area contributed by atoms with E-state index in [1.54, 1.807) is 63.6 Å². The van der Waals surface area contributed by atoms with Crippen LogP contribution in [0.1, 0.15) is 177 Å². The van der Waals surface area contributed by atoms with E-state index in [0.29, 0.717) is 92.6 Å². The van der Waals surface area contributed by atoms with Crippen molar-refractivity contribution in [2.45, 2.75) is 186 Å². The van der Waals surface area contributed by atoms with Gasteiger partial charge in [-0.05, 0) is 211 Å². The van der Waals surface area contributed by atoms with Gasteiger partial charge in [-0.1, -0.05) is 235 Å². The zero-order valence-corrected chi connectivity index (χ0v) is 91.1. The number of anilines is 1. The summed E-state index contributed by atoms with van der Waals surface area (Å²) < 4.78 is 206. The molecule has 3 aliphatic rings. The molecule has 3 aromatic heterocycles. The van der Waals surface area contributed by atoms with Crippen molar-refractivity contribution in [2.75, 3.05) is 105 Å². The summed E-state index contributed by atoms with van der Waals surface area (Å²) in [5, 5.41) is 7.54. The summed E-state index contributed by atoms with van der Waals surface area (Å²) in [6.07, 6.45) is 11.7. The van der Waals surface area contributed by atoms with Crippen LogP contribution in [0.5, 0.6) is 0 Å². The molecule has 0 aliphatic carbocycles. The van der Waals surface area contributed by atoms with Crippen LogP contribution in [-0.4, -0.2) is 192 Å². The van der Waals surface area contributed by atoms with Crippen LogP contribution in [0, 0.1) is 0 Å². The molecule has 13 rings (SSSR count). The Morgan fingerprint density at radius 3 is 1.27 bits per heavy atom. The fourth-order valence-corrected chi connectivity index (χ4v) is 27.0. The molecule has 0 saturated heterocycles. The second kappa shape index (κ2) is 54.1. The highest BCUT2D eigenvalue weighted by Crippen LogP contribution is 2.54. The highest BCUT2D eigenvalue weighted by atomic mass is 79.9. The van der Waals surface area contributed by atoms with Crippen molar-refractivity contribution < 1.29 is 91.5 Å². The van der Waals surface area contributed by atoms with Crippen molar-refractivity contribution in [3.05, 3.63) is 192 Å². The predicted molar refractivity (Wildman–Crippen MR) is 556 cm³/mol. The smallest absolute Gasteiger partial charge is 0.265 e. The summed E-state index contributed by atoms with van der Waals surface area (Å²) in [7, 11) is -24.9. The lowest BCUT2D eigenvalue weighted by Gasteiger charge is -2.20. The molecule has 0 radical (unpaired) electrons. The molecule has 0 bridgehead atoms. The van der Waals surface area contributed by atoms with Gasteiger partial charge in [0.1, 0.15) is 14.1 Å². The molecule has 732 valence electrons. The minimum atomic E-state index is -4.35. The normalized spacial score (nSPS) is 15.5. The van der Waals surface area contributed by atoms with Crippen LogP contribution >= 0.6 is 136 Å². The molecule has 6 heterocycles. The predicted octanol–water partition coefficient (Wildman–Crippen LogP) is 21.6. The fraction of sp³-hybridized carbons (Fsp3) is 0.462. The molecule has 133 heavy (non-hydrogen) atoms. The van der Waals surface area contributed by atoms with E-state index in [1.165, 1.54) is 76.2 Å². The number of nitrogens with zero attached hydrogens (tertiary/aromatic N) is 7. The SMILES string of the molecule is CCN(CC)CC.CCN(CC)CC.CCN(CC)CC.O=S(=O)([O-])CCCC[n+]1c(C=C2Sc3ccc(Br)cc3C2CCCCS(=O)(=O)O)sc2ccc(Br)cc21.O=S(=O)([O-])CCCC[n+]1c(C=C2Sc3ccc(Cl)cc3C2CCCCS(=O)(=O)O)sc2ccc(Cl)cc21.O=S(=O)([O-])CCCN1C(=Cc2sc3ccc4ccccc4c3[n+]2CCCS(=O)(=O)O)Sc2ccc(Cl)cc21. The summed E-state index contributed by atoms with van der Waals surface area (Å²) in [6.45, 7) is 32.2. The summed E-state index contributed by atoms with van der Waals surface area (Å²) in [6, 6.07) is 41.2. The summed E-state index contributed by atoms with van der Waals surface area (Å²) >= 11 is 35.6. The summed E-state index contributed by atoms with van der Waals surface area (Å²) in [5.41, 5.74) is 6.05. The number of hydrogen-bond acceptors (Lipinski definition) is 25. The van der Waals surface area contributed by atoms with E-state index in [-0.39, 0.29) is 54.1 Å². The van der Waals surface area contributed by atoms with Crippen LogP contribution in [0.25, 0.3) is 59.7 Å². The van der Waals surface area contributed by atoms with Gasteiger partial charge in [-0.3, -0.25) is 13.7 Å². The van der Waals surface area contributed by atoms with Crippen molar-refractivity contribution in [3.8, 4) is 0 Å². The standard InChI is InChI=1S/C25H23ClN2O6S4.C24H25Br2NO6S4.C24H25Cl2NO6S4.3C6H15N/c26-18-8-10-21-20(15-18)27(11-3-13-37(29,30)31)23(35-21)16-24-28(12-4-14-38(32,33)34)25-19-6-2-1-5-17(19)7-9-22(25)36-24;2*25-16-6-8-21-19(13-16)18(5-1-3-11-36(28,29)30)23(34-21)15-24-27(10-2-4-12-37(31,32)33)20-14-17(26)7-9-22(20)35-24;3*1-4-7(5-2)6-3/h1-2,5-10,15-16H,3-4,11-14H2,(H-,29,30,31,32,33,34);2*6-9,13-15,18H,1-5,10-12H2,(H-,28,29,30,31,32,33);3*4-6H2,1-3H3. The fourth-order valence-electron chi connectivity index (χ4n) is 15.3. The van der Waals surface area contributed by atoms with Gasteiger partial charge in [0.15, 0.2) is 19.6 Å². The van der Waals surface area contributed by atoms with Gasteiger partial charge >= 0.3 is 0 Å². The minimum absolute atomic E-state index is 0.0213. The number of allylic oxidation sites excluding steroid dienone is 2. The Morgan fingerprint density at radius 2 is 0.782 bits per heavy atom. The summed E-state index contributed by atoms with van der Waals surface area (Å²) in [5.74, 6) is -2.01. The Kier molecular flexibility index (Phi) is 46.4. The molecule has 0 spiro atoms. The van der Waals surface area contributed by atoms with Gasteiger partial charge in [0.05, 0.1) is 69.8 Å². The van der Waals surface area contributed by atoms with Gasteiger partial charge in [0, 0.05) is 128 Å². The number of thioether (sulfide) groups is 3. The Balaban J connectivity index is 0.000000221. The van der Waals surface area contributed by atoms with Crippen molar-refractivity contribution in [2.24, 2.45) is 0 Å². The van der Waals surface area contributed by atoms with Crippen LogP contribution < -0.4 is 18.6 Å². The first-order chi connectivity index (χ1) is 62.8. The highest BCUT2D eigenvalue weighted by molar-refractivity contribution is 9.10. The van der Waals surface area contributed by atoms with E-state index in [1.807, 2.05) is 120 Å². The maximum atomic E-state index is 11.4.